The molecule has 0 fully saturated rings. The molecular formula is C47H42IrN3Si. The van der Waals surface area contributed by atoms with Crippen LogP contribution in [0.3, 0.4) is 0 Å². The summed E-state index contributed by atoms with van der Waals surface area (Å²) < 4.78 is 0. The van der Waals surface area contributed by atoms with E-state index in [1.807, 2.05) is 80.0 Å². The average molecular weight is 869 g/mol. The standard InChI is InChI=1S/C23H22NSi.C13H12N.C11H8N.Ir/c1-3-14-25(15-4-2)19-11-5-8-16-17-10-7-13-24-23(17)18-9-6-12-20(25)22(18)21(16)19;1-10-3-6-12(7-4-10)13-8-5-11(2)9-14-13;1-2-6-10(7-3-1)11-8-4-5-9-12-11;/h5-8,10-13H,3-4,14-15H2,1-2H3;3-6,8-9H,1-2H3;1-6,8-9H;/q3*-1;+3. The molecular weight excluding hydrogens is 827 g/mol. The molecule has 0 unspecified atom stereocenters. The summed E-state index contributed by atoms with van der Waals surface area (Å²) in [6.07, 6.45) is 8.10. The first-order valence-electron chi connectivity index (χ1n) is 18.0. The van der Waals surface area contributed by atoms with Crippen LogP contribution in [0.25, 0.3) is 55.0 Å². The number of benzene rings is 5. The molecule has 5 aromatic carbocycles. The van der Waals surface area contributed by atoms with E-state index in [1.54, 1.807) is 16.6 Å². The van der Waals surface area contributed by atoms with Crippen LogP contribution in [-0.2, 0) is 20.1 Å². The van der Waals surface area contributed by atoms with Gasteiger partial charge in [0, 0.05) is 18.6 Å². The van der Waals surface area contributed by atoms with Crippen molar-refractivity contribution in [2.75, 3.05) is 0 Å². The van der Waals surface area contributed by atoms with Gasteiger partial charge in [-0.05, 0) is 52.3 Å². The molecule has 3 nitrogen and oxygen atoms in total. The molecule has 1 aliphatic heterocycles. The van der Waals surface area contributed by atoms with E-state index in [1.165, 1.54) is 63.0 Å². The van der Waals surface area contributed by atoms with Gasteiger partial charge in [0.1, 0.15) is 0 Å². The molecule has 3 aromatic heterocycles. The van der Waals surface area contributed by atoms with Crippen molar-refractivity contribution >= 4 is 50.9 Å². The van der Waals surface area contributed by atoms with Crippen molar-refractivity contribution in [2.45, 2.75) is 52.6 Å². The Morgan fingerprint density at radius 2 is 1.29 bits per heavy atom. The predicted molar refractivity (Wildman–Crippen MR) is 217 cm³/mol. The minimum Gasteiger partial charge on any atom is -0.305 e. The molecule has 0 radical (unpaired) electrons. The maximum Gasteiger partial charge on any atom is 3.00 e. The number of aromatic nitrogens is 3. The van der Waals surface area contributed by atoms with Crippen molar-refractivity contribution in [1.29, 1.82) is 0 Å². The van der Waals surface area contributed by atoms with E-state index in [4.69, 9.17) is 4.98 Å². The Balaban J connectivity index is 0.000000146. The van der Waals surface area contributed by atoms with Gasteiger partial charge in [-0.15, -0.1) is 100 Å². The van der Waals surface area contributed by atoms with Crippen LogP contribution in [0.15, 0.2) is 134 Å². The van der Waals surface area contributed by atoms with E-state index in [0.717, 1.165) is 28.0 Å². The topological polar surface area (TPSA) is 38.7 Å². The molecule has 0 N–H and O–H groups in total. The molecule has 9 rings (SSSR count). The molecule has 0 saturated heterocycles. The van der Waals surface area contributed by atoms with E-state index in [0.29, 0.717) is 0 Å². The van der Waals surface area contributed by atoms with Crippen LogP contribution < -0.4 is 10.4 Å². The summed E-state index contributed by atoms with van der Waals surface area (Å²) in [6, 6.07) is 52.3. The fraction of sp³-hybridized carbons (Fsp3) is 0.170. The molecule has 0 atom stereocenters. The Morgan fingerprint density at radius 3 is 1.98 bits per heavy atom. The van der Waals surface area contributed by atoms with Gasteiger partial charge in [-0.2, -0.15) is 0 Å². The average Bonchev–Trinajstić information content (AvgIpc) is 3.46. The maximum absolute atomic E-state index is 4.75. The number of hydrogen-bond donors (Lipinski definition) is 0. The van der Waals surface area contributed by atoms with Crippen molar-refractivity contribution in [2.24, 2.45) is 0 Å². The normalized spacial score (nSPS) is 12.2. The third-order valence-electron chi connectivity index (χ3n) is 9.84. The second-order valence-electron chi connectivity index (χ2n) is 13.3. The monoisotopic (exact) mass is 869 g/mol. The summed E-state index contributed by atoms with van der Waals surface area (Å²) in [5, 5.41) is 10.2. The molecule has 1 aliphatic rings. The quantitative estimate of drug-likeness (QED) is 0.0949. The van der Waals surface area contributed by atoms with Gasteiger partial charge in [0.15, 0.2) is 0 Å². The molecule has 258 valence electrons. The first-order valence-corrected chi connectivity index (χ1v) is 20.4. The second kappa shape index (κ2) is 16.7. The Kier molecular flexibility index (Phi) is 11.9. The van der Waals surface area contributed by atoms with Gasteiger partial charge in [0.25, 0.3) is 0 Å². The van der Waals surface area contributed by atoms with Crippen molar-refractivity contribution in [3.8, 4) is 22.5 Å². The number of nitrogens with zero attached hydrogens (tertiary/aromatic N) is 3. The van der Waals surface area contributed by atoms with Gasteiger partial charge in [0.05, 0.1) is 8.07 Å². The molecule has 5 heteroatoms. The van der Waals surface area contributed by atoms with Crippen molar-refractivity contribution in [1.82, 2.24) is 15.0 Å². The van der Waals surface area contributed by atoms with Gasteiger partial charge in [-0.25, -0.2) is 0 Å². The number of rotatable bonds is 6. The summed E-state index contributed by atoms with van der Waals surface area (Å²) in [5.41, 5.74) is 7.56. The van der Waals surface area contributed by atoms with Gasteiger partial charge >= 0.3 is 20.1 Å². The van der Waals surface area contributed by atoms with E-state index < -0.39 is 8.07 Å². The smallest absolute Gasteiger partial charge is 0.305 e. The fourth-order valence-corrected chi connectivity index (χ4v) is 13.2. The molecule has 0 spiro atoms. The summed E-state index contributed by atoms with van der Waals surface area (Å²) in [7, 11) is -1.68. The first-order chi connectivity index (χ1) is 25.0. The first kappa shape index (κ1) is 37.0. The molecule has 4 heterocycles. The van der Waals surface area contributed by atoms with Crippen LogP contribution in [0, 0.1) is 32.0 Å². The number of fused-ring (bicyclic) bond motifs is 3. The fourth-order valence-electron chi connectivity index (χ4n) is 7.64. The summed E-state index contributed by atoms with van der Waals surface area (Å²) in [4.78, 5) is 13.3. The third-order valence-corrected chi connectivity index (χ3v) is 15.4. The SMILES string of the molecule is CCC[Si]1(CCC)c2cc[c-]c3c4ncccc4c4cccc1c4c23.Cc1c[c-]c(-c2ccc(C)cn2)cc1.[Ir+3].[c-]1ccccc1-c1ccccn1. The van der Waals surface area contributed by atoms with Crippen LogP contribution in [0.5, 0.6) is 0 Å². The third kappa shape index (κ3) is 7.27. The molecule has 0 aliphatic carbocycles. The Morgan fingerprint density at radius 1 is 0.558 bits per heavy atom. The van der Waals surface area contributed by atoms with Gasteiger partial charge in [-0.1, -0.05) is 110 Å². The van der Waals surface area contributed by atoms with Crippen molar-refractivity contribution < 1.29 is 20.1 Å². The zero-order chi connectivity index (χ0) is 35.2. The van der Waals surface area contributed by atoms with Gasteiger partial charge < -0.3 is 15.0 Å². The molecule has 0 amide bonds. The molecule has 0 bridgehead atoms. The zero-order valence-corrected chi connectivity index (χ0v) is 33.6. The Labute approximate surface area is 322 Å². The number of pyridine rings is 3. The van der Waals surface area contributed by atoms with Crippen LogP contribution in [0.1, 0.15) is 37.8 Å². The van der Waals surface area contributed by atoms with Gasteiger partial charge in [0.2, 0.25) is 0 Å². The largest absolute Gasteiger partial charge is 3.00 e. The summed E-state index contributed by atoms with van der Waals surface area (Å²) in [6.45, 7) is 8.79. The van der Waals surface area contributed by atoms with Crippen molar-refractivity contribution in [3.63, 3.8) is 0 Å². The van der Waals surface area contributed by atoms with E-state index in [9.17, 15) is 0 Å². The van der Waals surface area contributed by atoms with Crippen LogP contribution in [-0.4, -0.2) is 23.0 Å². The van der Waals surface area contributed by atoms with Crippen LogP contribution in [0.4, 0.5) is 0 Å². The number of hydrogen-bond acceptors (Lipinski definition) is 3. The Hall–Kier alpha value is -4.80. The molecule has 52 heavy (non-hydrogen) atoms. The Bertz CT molecular complexity index is 2220. The minimum atomic E-state index is -1.68. The van der Waals surface area contributed by atoms with Crippen LogP contribution >= 0.6 is 0 Å². The molecule has 8 aromatic rings. The minimum absolute atomic E-state index is 0. The van der Waals surface area contributed by atoms with E-state index >= 15 is 0 Å². The van der Waals surface area contributed by atoms with Crippen molar-refractivity contribution in [3.05, 3.63) is 163 Å². The predicted octanol–water partition coefficient (Wildman–Crippen LogP) is 10.7. The second-order valence-corrected chi connectivity index (χ2v) is 17.6. The van der Waals surface area contributed by atoms with E-state index in [2.05, 4.69) is 104 Å². The van der Waals surface area contributed by atoms with Crippen LogP contribution in [0.2, 0.25) is 12.1 Å². The molecule has 0 saturated carbocycles. The summed E-state index contributed by atoms with van der Waals surface area (Å²) >= 11 is 0. The van der Waals surface area contributed by atoms with Gasteiger partial charge in [-0.3, -0.25) is 0 Å². The van der Waals surface area contributed by atoms with E-state index in [-0.39, 0.29) is 20.1 Å². The number of aryl methyl sites for hydroxylation is 2. The zero-order valence-electron chi connectivity index (χ0n) is 30.2. The summed E-state index contributed by atoms with van der Waals surface area (Å²) in [5.74, 6) is 0. The maximum atomic E-state index is 4.75.